The molecule has 1 aromatic carbocycles. The van der Waals surface area contributed by atoms with Crippen molar-refractivity contribution in [3.05, 3.63) is 35.9 Å². The molecule has 2 atom stereocenters. The number of rotatable bonds is 3. The first kappa shape index (κ1) is 13.4. The Bertz CT molecular complexity index is 430. The number of sulfone groups is 1. The van der Waals surface area contributed by atoms with Crippen molar-refractivity contribution in [1.82, 2.24) is 0 Å². The molecule has 0 heterocycles. The molecule has 0 unspecified atom stereocenters. The molecule has 0 saturated heterocycles. The monoisotopic (exact) mass is 404 g/mol. The molecule has 0 aliphatic rings. The van der Waals surface area contributed by atoms with Crippen molar-refractivity contribution in [2.45, 2.75) is 7.77 Å². The molecule has 0 radical (unpaired) electrons. The van der Waals surface area contributed by atoms with Crippen LogP contribution in [0.2, 0.25) is 0 Å². The average molecular weight is 405 g/mol. The quantitative estimate of drug-likeness (QED) is 0.621. The molecule has 0 amide bonds. The fourth-order valence-corrected chi connectivity index (χ4v) is 2.20. The molecule has 1 N–H and O–H groups in total. The number of hydrogen-bond acceptors (Lipinski definition) is 3. The summed E-state index contributed by atoms with van der Waals surface area (Å²) in [5, 5.41) is 9.95. The van der Waals surface area contributed by atoms with Gasteiger partial charge in [0.2, 0.25) is 1.66 Å². The number of hydrogen-bond donors (Lipinski definition) is 1. The Morgan fingerprint density at radius 1 is 1.40 bits per heavy atom. The second-order valence-electron chi connectivity index (χ2n) is 3.15. The molecule has 0 aliphatic carbocycles. The summed E-state index contributed by atoms with van der Waals surface area (Å²) in [5.74, 6) is 0. The van der Waals surface area contributed by atoms with Gasteiger partial charge in [0, 0.05) is 6.26 Å². The van der Waals surface area contributed by atoms with Gasteiger partial charge in [-0.25, -0.2) is 8.42 Å². The molecule has 3 nitrogen and oxygen atoms in total. The van der Waals surface area contributed by atoms with E-state index in [1.807, 2.05) is 0 Å². The molecular weight excluding hydrogens is 395 g/mol. The topological polar surface area (TPSA) is 54.4 Å². The molecule has 0 aliphatic heterocycles. The highest BCUT2D eigenvalue weighted by atomic mass is 127. The van der Waals surface area contributed by atoms with Crippen molar-refractivity contribution in [1.29, 1.82) is 0 Å². The Morgan fingerprint density at radius 3 is 2.27 bits per heavy atom. The summed E-state index contributed by atoms with van der Waals surface area (Å²) in [5.41, 5.74) is 0.564. The molecule has 15 heavy (non-hydrogen) atoms. The lowest BCUT2D eigenvalue weighted by molar-refractivity contribution is 0.191. The van der Waals surface area contributed by atoms with Crippen LogP contribution in [0, 0.1) is 0 Å². The van der Waals surface area contributed by atoms with Crippen molar-refractivity contribution in [2.75, 3.05) is 6.26 Å². The van der Waals surface area contributed by atoms with Gasteiger partial charge in [-0.3, -0.25) is 0 Å². The average Bonchev–Trinajstić information content (AvgIpc) is 2.16. The van der Waals surface area contributed by atoms with Crippen LogP contribution in [0.3, 0.4) is 0 Å². The van der Waals surface area contributed by atoms with E-state index >= 15 is 0 Å². The van der Waals surface area contributed by atoms with Gasteiger partial charge in [0.1, 0.15) is 6.10 Å². The molecule has 84 valence electrons. The third kappa shape index (κ3) is 2.92. The van der Waals surface area contributed by atoms with Gasteiger partial charge in [-0.2, -0.15) is 0 Å². The zero-order valence-corrected chi connectivity index (χ0v) is 12.5. The van der Waals surface area contributed by atoms with E-state index in [0.717, 1.165) is 6.26 Å². The highest BCUT2D eigenvalue weighted by molar-refractivity contribution is 14.1. The Labute approximate surface area is 111 Å². The van der Waals surface area contributed by atoms with E-state index in [-0.39, 0.29) is 0 Å². The highest BCUT2D eigenvalue weighted by Gasteiger charge is 2.43. The van der Waals surface area contributed by atoms with Crippen LogP contribution in [0.4, 0.5) is 0 Å². The van der Waals surface area contributed by atoms with Crippen LogP contribution in [-0.2, 0) is 9.84 Å². The summed E-state index contributed by atoms with van der Waals surface area (Å²) < 4.78 is 21.5. The Hall–Kier alpha value is 0.340. The van der Waals surface area contributed by atoms with Crippen LogP contribution >= 0.6 is 38.5 Å². The summed E-state index contributed by atoms with van der Waals surface area (Å²) in [4.78, 5) is 0. The number of alkyl halides is 2. The fourth-order valence-electron chi connectivity index (χ4n) is 1.03. The van der Waals surface area contributed by atoms with Gasteiger partial charge < -0.3 is 5.11 Å². The van der Waals surface area contributed by atoms with Crippen LogP contribution in [0.15, 0.2) is 30.3 Å². The lowest BCUT2D eigenvalue weighted by Gasteiger charge is -2.24. The predicted molar refractivity (Wildman–Crippen MR) is 71.9 cm³/mol. The highest BCUT2D eigenvalue weighted by Crippen LogP contribution is 2.44. The minimum Gasteiger partial charge on any atom is -0.385 e. The molecule has 0 bridgehead atoms. The first-order chi connectivity index (χ1) is 6.77. The van der Waals surface area contributed by atoms with Gasteiger partial charge in [0.05, 0.1) is 0 Å². The maximum absolute atomic E-state index is 11.5. The second kappa shape index (κ2) is 4.68. The number of halogens is 2. The Balaban J connectivity index is 3.11. The Kier molecular flexibility index (Phi) is 4.19. The van der Waals surface area contributed by atoms with E-state index in [1.165, 1.54) is 0 Å². The summed E-state index contributed by atoms with van der Waals surface area (Å²) in [6, 6.07) is 8.68. The molecular formula is C9H10BrIO3S. The van der Waals surface area contributed by atoms with E-state index in [1.54, 1.807) is 52.9 Å². The maximum atomic E-state index is 11.5. The molecule has 0 spiro atoms. The lowest BCUT2D eigenvalue weighted by Crippen LogP contribution is -2.31. The van der Waals surface area contributed by atoms with Gasteiger partial charge >= 0.3 is 0 Å². The predicted octanol–water partition coefficient (Wildman–Crippen LogP) is 2.25. The van der Waals surface area contributed by atoms with Gasteiger partial charge in [0.15, 0.2) is 9.84 Å². The lowest BCUT2D eigenvalue weighted by atomic mass is 10.1. The van der Waals surface area contributed by atoms with Crippen molar-refractivity contribution in [3.63, 3.8) is 0 Å². The minimum absolute atomic E-state index is 0.564. The zero-order chi connectivity index (χ0) is 11.7. The molecule has 0 aromatic heterocycles. The summed E-state index contributed by atoms with van der Waals surface area (Å²) in [6.07, 6.45) is -0.0188. The van der Waals surface area contributed by atoms with Crippen molar-refractivity contribution in [2.24, 2.45) is 0 Å². The molecule has 0 fully saturated rings. The molecule has 0 saturated carbocycles. The van der Waals surface area contributed by atoms with Crippen LogP contribution in [-0.4, -0.2) is 21.4 Å². The second-order valence-corrected chi connectivity index (χ2v) is 11.0. The Morgan fingerprint density at radius 2 is 1.87 bits per heavy atom. The summed E-state index contributed by atoms with van der Waals surface area (Å²) in [7, 11) is -3.40. The third-order valence-corrected chi connectivity index (χ3v) is 8.33. The molecule has 1 aromatic rings. The largest absolute Gasteiger partial charge is 0.385 e. The van der Waals surface area contributed by atoms with Gasteiger partial charge in [-0.1, -0.05) is 46.3 Å². The summed E-state index contributed by atoms with van der Waals surface area (Å²) in [6.45, 7) is 0. The maximum Gasteiger partial charge on any atom is 0.206 e. The van der Waals surface area contributed by atoms with E-state index in [0.29, 0.717) is 5.56 Å². The van der Waals surface area contributed by atoms with Crippen LogP contribution in [0.5, 0.6) is 0 Å². The first-order valence-corrected chi connectivity index (χ1v) is 7.83. The number of aliphatic hydroxyl groups excluding tert-OH is 1. The SMILES string of the molecule is CS(=O)(=O)[C@@](Br)(I)[C@@H](O)c1ccccc1. The van der Waals surface area contributed by atoms with E-state index < -0.39 is 17.6 Å². The van der Waals surface area contributed by atoms with Crippen molar-refractivity contribution in [3.8, 4) is 0 Å². The van der Waals surface area contributed by atoms with Crippen molar-refractivity contribution >= 4 is 48.4 Å². The van der Waals surface area contributed by atoms with Crippen LogP contribution in [0.1, 0.15) is 11.7 Å². The third-order valence-electron chi connectivity index (χ3n) is 1.93. The smallest absolute Gasteiger partial charge is 0.206 e. The fraction of sp³-hybridized carbons (Fsp3) is 0.333. The van der Waals surface area contributed by atoms with Crippen LogP contribution < -0.4 is 0 Å². The first-order valence-electron chi connectivity index (χ1n) is 4.07. The van der Waals surface area contributed by atoms with Gasteiger partial charge in [-0.05, 0) is 28.2 Å². The minimum atomic E-state index is -3.40. The number of benzene rings is 1. The summed E-state index contributed by atoms with van der Waals surface area (Å²) >= 11 is 4.74. The normalized spacial score (nSPS) is 18.1. The standard InChI is InChI=1S/C9H10BrIO3S/c1-15(13,14)9(10,11)8(12)7-5-3-2-4-6-7/h2-6,8,12H,1H3/t8-,9-/m0/s1. The van der Waals surface area contributed by atoms with Gasteiger partial charge in [0.25, 0.3) is 0 Å². The molecule has 6 heteroatoms. The number of aliphatic hydroxyl groups is 1. The zero-order valence-electron chi connectivity index (χ0n) is 7.89. The molecule has 1 rings (SSSR count). The van der Waals surface area contributed by atoms with Crippen molar-refractivity contribution < 1.29 is 13.5 Å². The van der Waals surface area contributed by atoms with E-state index in [2.05, 4.69) is 15.9 Å². The van der Waals surface area contributed by atoms with E-state index in [9.17, 15) is 13.5 Å². The van der Waals surface area contributed by atoms with E-state index in [4.69, 9.17) is 0 Å². The van der Waals surface area contributed by atoms with Gasteiger partial charge in [-0.15, -0.1) is 0 Å². The van der Waals surface area contributed by atoms with Crippen LogP contribution in [0.25, 0.3) is 0 Å².